The van der Waals surface area contributed by atoms with E-state index < -0.39 is 0 Å². The van der Waals surface area contributed by atoms with Crippen LogP contribution >= 0.6 is 0 Å². The highest BCUT2D eigenvalue weighted by atomic mass is 19.1. The number of oxime groups is 1. The molecule has 3 aromatic heterocycles. The summed E-state index contributed by atoms with van der Waals surface area (Å²) in [5.41, 5.74) is 3.56. The number of halogens is 1. The summed E-state index contributed by atoms with van der Waals surface area (Å²) in [5.74, 6) is -0.340. The molecule has 0 fully saturated rings. The zero-order valence-electron chi connectivity index (χ0n) is 14.2. The SMILES string of the molecule is CON=C(C)c1ccc2nnn(Cc3cc4cccnc4cc3F)c2n1. The summed E-state index contributed by atoms with van der Waals surface area (Å²) in [6.07, 6.45) is 1.64. The first kappa shape index (κ1) is 16.1. The van der Waals surface area contributed by atoms with Crippen LogP contribution in [-0.4, -0.2) is 37.8 Å². The molecule has 0 aliphatic rings. The zero-order valence-corrected chi connectivity index (χ0v) is 14.2. The highest BCUT2D eigenvalue weighted by Crippen LogP contribution is 2.19. The molecule has 4 rings (SSSR count). The third-order valence-corrected chi connectivity index (χ3v) is 4.05. The van der Waals surface area contributed by atoms with Crippen LogP contribution in [0.1, 0.15) is 18.2 Å². The van der Waals surface area contributed by atoms with Crippen molar-refractivity contribution in [1.82, 2.24) is 25.0 Å². The molecule has 0 amide bonds. The maximum atomic E-state index is 14.5. The van der Waals surface area contributed by atoms with E-state index in [9.17, 15) is 4.39 Å². The lowest BCUT2D eigenvalue weighted by molar-refractivity contribution is 0.213. The van der Waals surface area contributed by atoms with E-state index in [4.69, 9.17) is 4.84 Å². The van der Waals surface area contributed by atoms with Crippen LogP contribution in [0.4, 0.5) is 4.39 Å². The Morgan fingerprint density at radius 1 is 1.23 bits per heavy atom. The van der Waals surface area contributed by atoms with Gasteiger partial charge in [0.25, 0.3) is 0 Å². The number of pyridine rings is 2. The van der Waals surface area contributed by atoms with Crippen LogP contribution in [0.5, 0.6) is 0 Å². The van der Waals surface area contributed by atoms with Crippen molar-refractivity contribution in [3.8, 4) is 0 Å². The first-order valence-electron chi connectivity index (χ1n) is 7.97. The fourth-order valence-corrected chi connectivity index (χ4v) is 2.77. The summed E-state index contributed by atoms with van der Waals surface area (Å²) < 4.78 is 16.0. The fraction of sp³-hybridized carbons (Fsp3) is 0.167. The summed E-state index contributed by atoms with van der Waals surface area (Å²) in [5, 5.41) is 13.0. The molecular formula is C18H15FN6O. The summed E-state index contributed by atoms with van der Waals surface area (Å²) in [7, 11) is 1.48. The molecule has 26 heavy (non-hydrogen) atoms. The number of benzene rings is 1. The maximum absolute atomic E-state index is 14.5. The molecule has 0 spiro atoms. The molecule has 0 N–H and O–H groups in total. The predicted octanol–water partition coefficient (Wildman–Crippen LogP) is 2.93. The Morgan fingerprint density at radius 2 is 2.12 bits per heavy atom. The number of fused-ring (bicyclic) bond motifs is 2. The van der Waals surface area contributed by atoms with Gasteiger partial charge in [-0.2, -0.15) is 0 Å². The second-order valence-electron chi connectivity index (χ2n) is 5.79. The summed E-state index contributed by atoms with van der Waals surface area (Å²) in [6.45, 7) is 2.01. The van der Waals surface area contributed by atoms with E-state index in [0.717, 1.165) is 5.39 Å². The smallest absolute Gasteiger partial charge is 0.179 e. The number of aromatic nitrogens is 5. The minimum atomic E-state index is -0.340. The van der Waals surface area contributed by atoms with E-state index in [-0.39, 0.29) is 12.4 Å². The van der Waals surface area contributed by atoms with Crippen LogP contribution in [0.3, 0.4) is 0 Å². The van der Waals surface area contributed by atoms with E-state index in [2.05, 4.69) is 25.4 Å². The normalized spacial score (nSPS) is 12.0. The largest absolute Gasteiger partial charge is 0.399 e. The molecule has 0 aliphatic carbocycles. The van der Waals surface area contributed by atoms with Gasteiger partial charge in [0.1, 0.15) is 24.2 Å². The van der Waals surface area contributed by atoms with Crippen molar-refractivity contribution in [2.75, 3.05) is 7.11 Å². The van der Waals surface area contributed by atoms with Crippen molar-refractivity contribution in [2.45, 2.75) is 13.5 Å². The van der Waals surface area contributed by atoms with Gasteiger partial charge < -0.3 is 4.84 Å². The van der Waals surface area contributed by atoms with Gasteiger partial charge >= 0.3 is 0 Å². The molecule has 0 saturated heterocycles. The van der Waals surface area contributed by atoms with E-state index in [1.54, 1.807) is 36.0 Å². The predicted molar refractivity (Wildman–Crippen MR) is 95.3 cm³/mol. The van der Waals surface area contributed by atoms with Gasteiger partial charge in [-0.3, -0.25) is 4.98 Å². The monoisotopic (exact) mass is 350 g/mol. The van der Waals surface area contributed by atoms with Crippen molar-refractivity contribution in [3.05, 3.63) is 59.7 Å². The molecule has 8 heteroatoms. The first-order chi connectivity index (χ1) is 12.7. The highest BCUT2D eigenvalue weighted by Gasteiger charge is 2.12. The Balaban J connectivity index is 1.76. The van der Waals surface area contributed by atoms with Crippen molar-refractivity contribution < 1.29 is 9.23 Å². The molecule has 0 aliphatic heterocycles. The first-order valence-corrected chi connectivity index (χ1v) is 7.97. The van der Waals surface area contributed by atoms with Gasteiger partial charge in [-0.15, -0.1) is 5.10 Å². The third-order valence-electron chi connectivity index (χ3n) is 4.05. The molecule has 0 atom stereocenters. The van der Waals surface area contributed by atoms with Gasteiger partial charge in [-0.05, 0) is 31.2 Å². The number of hydrogen-bond acceptors (Lipinski definition) is 6. The van der Waals surface area contributed by atoms with E-state index in [1.807, 2.05) is 12.1 Å². The molecule has 0 bridgehead atoms. The van der Waals surface area contributed by atoms with Gasteiger partial charge in [0, 0.05) is 23.2 Å². The molecule has 130 valence electrons. The standard InChI is InChI=1S/C18H15FN6O/c1-11(23-26-2)15-5-6-16-18(21-15)25(24-22-16)10-13-8-12-4-3-7-20-17(12)9-14(13)19/h3-9H,10H2,1-2H3. The molecule has 7 nitrogen and oxygen atoms in total. The van der Waals surface area contributed by atoms with E-state index >= 15 is 0 Å². The minimum Gasteiger partial charge on any atom is -0.399 e. The molecule has 4 aromatic rings. The Kier molecular flexibility index (Phi) is 4.00. The van der Waals surface area contributed by atoms with Crippen molar-refractivity contribution in [2.24, 2.45) is 5.16 Å². The third kappa shape index (κ3) is 2.85. The minimum absolute atomic E-state index is 0.212. The van der Waals surface area contributed by atoms with E-state index in [0.29, 0.717) is 33.6 Å². The second-order valence-corrected chi connectivity index (χ2v) is 5.79. The number of nitrogens with zero attached hydrogens (tertiary/aromatic N) is 6. The van der Waals surface area contributed by atoms with Gasteiger partial charge in [0.2, 0.25) is 0 Å². The van der Waals surface area contributed by atoms with Crippen molar-refractivity contribution >= 4 is 27.8 Å². The molecule has 0 radical (unpaired) electrons. The maximum Gasteiger partial charge on any atom is 0.179 e. The van der Waals surface area contributed by atoms with Gasteiger partial charge in [-0.1, -0.05) is 16.4 Å². The Hall–Kier alpha value is -3.42. The van der Waals surface area contributed by atoms with Crippen molar-refractivity contribution in [3.63, 3.8) is 0 Å². The average Bonchev–Trinajstić information content (AvgIpc) is 3.04. The lowest BCUT2D eigenvalue weighted by atomic mass is 10.1. The zero-order chi connectivity index (χ0) is 18.1. The fourth-order valence-electron chi connectivity index (χ4n) is 2.77. The van der Waals surface area contributed by atoms with Crippen LogP contribution in [0.2, 0.25) is 0 Å². The van der Waals surface area contributed by atoms with Gasteiger partial charge in [-0.25, -0.2) is 14.1 Å². The van der Waals surface area contributed by atoms with Crippen LogP contribution in [0, 0.1) is 5.82 Å². The molecule has 1 aromatic carbocycles. The average molecular weight is 350 g/mol. The van der Waals surface area contributed by atoms with Crippen LogP contribution < -0.4 is 0 Å². The summed E-state index contributed by atoms with van der Waals surface area (Å²) >= 11 is 0. The van der Waals surface area contributed by atoms with Crippen molar-refractivity contribution in [1.29, 1.82) is 0 Å². The molecule has 0 saturated carbocycles. The Morgan fingerprint density at radius 3 is 2.96 bits per heavy atom. The summed E-state index contributed by atoms with van der Waals surface area (Å²) in [4.78, 5) is 13.5. The Bertz CT molecular complexity index is 1140. The van der Waals surface area contributed by atoms with Gasteiger partial charge in [0.15, 0.2) is 5.65 Å². The van der Waals surface area contributed by atoms with Crippen LogP contribution in [0.25, 0.3) is 22.1 Å². The topological polar surface area (TPSA) is 78.1 Å². The van der Waals surface area contributed by atoms with Gasteiger partial charge in [0.05, 0.1) is 17.8 Å². The highest BCUT2D eigenvalue weighted by molar-refractivity contribution is 5.97. The Labute approximate surface area is 148 Å². The quantitative estimate of drug-likeness (QED) is 0.418. The lowest BCUT2D eigenvalue weighted by Crippen LogP contribution is -2.07. The molecule has 0 unspecified atom stereocenters. The lowest BCUT2D eigenvalue weighted by Gasteiger charge is -2.06. The molecule has 3 heterocycles. The second kappa shape index (κ2) is 6.47. The van der Waals surface area contributed by atoms with E-state index in [1.165, 1.54) is 13.2 Å². The number of hydrogen-bond donors (Lipinski definition) is 0. The van der Waals surface area contributed by atoms with Crippen LogP contribution in [-0.2, 0) is 11.4 Å². The van der Waals surface area contributed by atoms with Crippen LogP contribution in [0.15, 0.2) is 47.8 Å². The number of rotatable bonds is 4. The molecular weight excluding hydrogens is 335 g/mol. The summed E-state index contributed by atoms with van der Waals surface area (Å²) in [6, 6.07) is 10.5.